The summed E-state index contributed by atoms with van der Waals surface area (Å²) >= 11 is 12.2. The maximum atomic E-state index is 13.3. The number of hydrazine groups is 1. The maximum Gasteiger partial charge on any atom is 0.315 e. The van der Waals surface area contributed by atoms with Gasteiger partial charge in [-0.25, -0.2) is 4.39 Å². The normalized spacial score (nSPS) is 11.7. The van der Waals surface area contributed by atoms with Crippen molar-refractivity contribution in [3.05, 3.63) is 100 Å². The van der Waals surface area contributed by atoms with Crippen LogP contribution in [0.4, 0.5) is 10.1 Å². The molecule has 0 heterocycles. The van der Waals surface area contributed by atoms with Crippen molar-refractivity contribution in [1.29, 1.82) is 0 Å². The second kappa shape index (κ2) is 11.4. The van der Waals surface area contributed by atoms with Gasteiger partial charge in [0, 0.05) is 5.02 Å². The summed E-state index contributed by atoms with van der Waals surface area (Å²) in [6.45, 7) is 6.09. The lowest BCUT2D eigenvalue weighted by atomic mass is 10.1. The zero-order chi connectivity index (χ0) is 25.7. The van der Waals surface area contributed by atoms with Gasteiger partial charge in [0.15, 0.2) is 18.6 Å². The molecule has 0 aromatic heterocycles. The Morgan fingerprint density at radius 2 is 1.75 bits per heavy atom. The van der Waals surface area contributed by atoms with Gasteiger partial charge in [0.2, 0.25) is 0 Å². The minimum Gasteiger partial charge on any atom is -0.482 e. The zero-order valence-corrected chi connectivity index (χ0v) is 21.0. The van der Waals surface area contributed by atoms with Gasteiger partial charge in [-0.3, -0.25) is 4.79 Å². The number of hydrogen-bond acceptors (Lipinski definition) is 3. The molecule has 0 bridgehead atoms. The number of amides is 1. The Bertz CT molecular complexity index is 1410. The highest BCUT2D eigenvalue weighted by molar-refractivity contribution is 6.35. The summed E-state index contributed by atoms with van der Waals surface area (Å²) in [5, 5.41) is 2.56. The summed E-state index contributed by atoms with van der Waals surface area (Å²) in [6.07, 6.45) is -0.436. The molecule has 0 fully saturated rings. The smallest absolute Gasteiger partial charge is 0.315 e. The summed E-state index contributed by atoms with van der Waals surface area (Å²) in [5.41, 5.74) is 4.17. The van der Waals surface area contributed by atoms with Crippen molar-refractivity contribution in [2.45, 2.75) is 26.1 Å². The van der Waals surface area contributed by atoms with E-state index in [1.165, 1.54) is 16.8 Å². The van der Waals surface area contributed by atoms with Crippen LogP contribution in [0.1, 0.15) is 18.9 Å². The van der Waals surface area contributed by atoms with Crippen molar-refractivity contribution in [2.75, 3.05) is 0 Å². The number of hydrogen-bond donors (Lipinski definition) is 1. The van der Waals surface area contributed by atoms with Crippen molar-refractivity contribution in [1.82, 2.24) is 5.43 Å². The van der Waals surface area contributed by atoms with Crippen molar-refractivity contribution in [3.63, 3.8) is 0 Å². The molecule has 0 saturated carbocycles. The first kappa shape index (κ1) is 25.5. The average molecular weight is 526 g/mol. The van der Waals surface area contributed by atoms with Crippen LogP contribution in [0, 0.1) is 5.82 Å². The van der Waals surface area contributed by atoms with Crippen molar-refractivity contribution in [2.24, 2.45) is 0 Å². The molecule has 4 aromatic rings. The van der Waals surface area contributed by atoms with Crippen LogP contribution in [0.15, 0.2) is 78.9 Å². The fourth-order valence-electron chi connectivity index (χ4n) is 3.68. The molecule has 0 radical (unpaired) electrons. The van der Waals surface area contributed by atoms with Gasteiger partial charge in [-0.05, 0) is 59.8 Å². The van der Waals surface area contributed by atoms with Gasteiger partial charge in [-0.1, -0.05) is 71.2 Å². The van der Waals surface area contributed by atoms with E-state index in [-0.39, 0.29) is 12.4 Å². The monoisotopic (exact) mass is 525 g/mol. The van der Waals surface area contributed by atoms with E-state index in [1.54, 1.807) is 30.3 Å². The number of benzene rings is 4. The molecular weight excluding hydrogens is 502 g/mol. The Labute approximate surface area is 218 Å². The standard InChI is InChI=1S/C28H23Cl2FN2O3/c1-3-24(36-25-15-11-20(29)16-23(25)30)28(34)32-33(2)27-22-7-5-4-6-19(22)10-14-26(27)35-17-18-8-12-21(31)13-9-18/h4-16,24H,2-3,17H2,1H3/p+1. The number of nitrogens with zero attached hydrogens (tertiary/aromatic N) is 1. The molecule has 36 heavy (non-hydrogen) atoms. The molecule has 5 nitrogen and oxygen atoms in total. The Balaban J connectivity index is 1.58. The molecule has 8 heteroatoms. The molecule has 0 aliphatic heterocycles. The second-order valence-corrected chi connectivity index (χ2v) is 8.89. The fraction of sp³-hybridized carbons (Fsp3) is 0.143. The minimum atomic E-state index is -0.827. The van der Waals surface area contributed by atoms with Crippen molar-refractivity contribution >= 4 is 52.3 Å². The van der Waals surface area contributed by atoms with E-state index < -0.39 is 12.0 Å². The van der Waals surface area contributed by atoms with Crippen LogP contribution < -0.4 is 14.9 Å². The van der Waals surface area contributed by atoms with Crippen molar-refractivity contribution in [3.8, 4) is 11.5 Å². The van der Waals surface area contributed by atoms with Crippen LogP contribution in [0.5, 0.6) is 11.5 Å². The summed E-state index contributed by atoms with van der Waals surface area (Å²) in [4.78, 5) is 13.1. The van der Waals surface area contributed by atoms with Gasteiger partial charge >= 0.3 is 5.91 Å². The first-order valence-electron chi connectivity index (χ1n) is 11.3. The molecule has 4 aromatic carbocycles. The highest BCUT2D eigenvalue weighted by atomic mass is 35.5. The lowest BCUT2D eigenvalue weighted by Gasteiger charge is -2.17. The largest absolute Gasteiger partial charge is 0.482 e. The molecule has 4 rings (SSSR count). The molecule has 1 amide bonds. The topological polar surface area (TPSA) is 50.6 Å². The number of carbonyl (C=O) groups excluding carboxylic acids is 1. The van der Waals surface area contributed by atoms with E-state index in [9.17, 15) is 9.18 Å². The predicted octanol–water partition coefficient (Wildman–Crippen LogP) is 7.10. The third-order valence-corrected chi connectivity index (χ3v) is 6.04. The van der Waals surface area contributed by atoms with Crippen molar-refractivity contribution < 1.29 is 23.3 Å². The average Bonchev–Trinajstić information content (AvgIpc) is 2.87. The van der Waals surface area contributed by atoms with E-state index >= 15 is 0 Å². The quantitative estimate of drug-likeness (QED) is 0.144. The predicted molar refractivity (Wildman–Crippen MR) is 141 cm³/mol. The summed E-state index contributed by atoms with van der Waals surface area (Å²) < 4.78 is 26.6. The Morgan fingerprint density at radius 1 is 1.03 bits per heavy atom. The van der Waals surface area contributed by atoms with Crippen LogP contribution in [-0.2, 0) is 11.4 Å². The molecule has 1 atom stereocenters. The van der Waals surface area contributed by atoms with Gasteiger partial charge in [0.1, 0.15) is 18.2 Å². The van der Waals surface area contributed by atoms with Gasteiger partial charge in [-0.15, -0.1) is 5.43 Å². The third kappa shape index (κ3) is 5.96. The molecule has 0 aliphatic carbocycles. The number of fused-ring (bicyclic) bond motifs is 1. The molecule has 184 valence electrons. The van der Waals surface area contributed by atoms with E-state index in [0.29, 0.717) is 33.7 Å². The van der Waals surface area contributed by atoms with Crippen LogP contribution in [0.2, 0.25) is 10.0 Å². The molecule has 0 saturated heterocycles. The van der Waals surface area contributed by atoms with Crippen LogP contribution in [0.25, 0.3) is 10.8 Å². The van der Waals surface area contributed by atoms with E-state index in [1.807, 2.05) is 43.3 Å². The molecule has 0 aliphatic rings. The molecular formula is C28H24Cl2FN2O3+. The Morgan fingerprint density at radius 3 is 2.47 bits per heavy atom. The lowest BCUT2D eigenvalue weighted by molar-refractivity contribution is -0.484. The molecule has 1 unspecified atom stereocenters. The minimum absolute atomic E-state index is 0.211. The maximum absolute atomic E-state index is 13.3. The number of hydrazone groups is 1. The number of halogens is 3. The van der Waals surface area contributed by atoms with E-state index in [4.69, 9.17) is 32.7 Å². The van der Waals surface area contributed by atoms with Gasteiger partial charge in [-0.2, -0.15) is 0 Å². The first-order chi connectivity index (χ1) is 17.4. The van der Waals surface area contributed by atoms with Crippen LogP contribution in [-0.4, -0.2) is 23.4 Å². The number of rotatable bonds is 9. The third-order valence-electron chi connectivity index (χ3n) is 5.51. The van der Waals surface area contributed by atoms with Gasteiger partial charge < -0.3 is 9.47 Å². The van der Waals surface area contributed by atoms with E-state index in [2.05, 4.69) is 12.1 Å². The highest BCUT2D eigenvalue weighted by Crippen LogP contribution is 2.35. The van der Waals surface area contributed by atoms with Gasteiger partial charge in [0.05, 0.1) is 10.4 Å². The Kier molecular flexibility index (Phi) is 8.08. The van der Waals surface area contributed by atoms with E-state index in [0.717, 1.165) is 16.3 Å². The fourth-order valence-corrected chi connectivity index (χ4v) is 4.13. The molecule has 0 spiro atoms. The number of carbonyl (C=O) groups is 1. The van der Waals surface area contributed by atoms with Gasteiger partial charge in [0.25, 0.3) is 5.69 Å². The summed E-state index contributed by atoms with van der Waals surface area (Å²) in [7, 11) is 0. The van der Waals surface area contributed by atoms with Crippen LogP contribution >= 0.6 is 23.2 Å². The number of ether oxygens (including phenoxy) is 2. The SMILES string of the molecule is C=[N+](NC(=O)C(CC)Oc1ccc(Cl)cc1Cl)c1c(OCc2ccc(F)cc2)ccc2ccccc12. The first-order valence-corrected chi connectivity index (χ1v) is 12.0. The number of nitrogens with one attached hydrogen (secondary N) is 1. The summed E-state index contributed by atoms with van der Waals surface area (Å²) in [5.74, 6) is 0.135. The summed E-state index contributed by atoms with van der Waals surface area (Å²) in [6, 6.07) is 22.3. The zero-order valence-electron chi connectivity index (χ0n) is 19.5. The Hall–Kier alpha value is -3.61. The highest BCUT2D eigenvalue weighted by Gasteiger charge is 2.27. The molecule has 1 N–H and O–H groups in total. The van der Waals surface area contributed by atoms with Crippen LogP contribution in [0.3, 0.4) is 0 Å². The lowest BCUT2D eigenvalue weighted by Crippen LogP contribution is -2.41. The second-order valence-electron chi connectivity index (χ2n) is 8.04.